The van der Waals surface area contributed by atoms with Crippen LogP contribution in [-0.2, 0) is 0 Å². The third-order valence-corrected chi connectivity index (χ3v) is 2.64. The summed E-state index contributed by atoms with van der Waals surface area (Å²) in [5, 5.41) is 5.52. The zero-order chi connectivity index (χ0) is 10.3. The number of carbonyl (C=O) groups is 2. The number of amides is 4. The predicted octanol–water partition coefficient (Wildman–Crippen LogP) is -0.271. The number of nitrogens with one attached hydrogen (secondary N) is 2. The van der Waals surface area contributed by atoms with Crippen molar-refractivity contribution in [1.29, 1.82) is 0 Å². The zero-order valence-corrected chi connectivity index (χ0v) is 8.28. The molecule has 0 aromatic carbocycles. The second kappa shape index (κ2) is 3.04. The van der Waals surface area contributed by atoms with Crippen molar-refractivity contribution in [2.24, 2.45) is 0 Å². The average molecular weight is 198 g/mol. The lowest BCUT2D eigenvalue weighted by molar-refractivity contribution is 0.196. The third kappa shape index (κ3) is 1.10. The van der Waals surface area contributed by atoms with E-state index in [1.54, 1.807) is 11.9 Å². The van der Waals surface area contributed by atoms with E-state index < -0.39 is 0 Å². The Kier molecular flexibility index (Phi) is 1.98. The van der Waals surface area contributed by atoms with Crippen LogP contribution in [0.1, 0.15) is 13.3 Å². The summed E-state index contributed by atoms with van der Waals surface area (Å²) in [5.74, 6) is 0. The highest BCUT2D eigenvalue weighted by Crippen LogP contribution is 2.19. The first-order valence-corrected chi connectivity index (χ1v) is 4.75. The molecule has 14 heavy (non-hydrogen) atoms. The van der Waals surface area contributed by atoms with Crippen LogP contribution >= 0.6 is 0 Å². The van der Waals surface area contributed by atoms with Crippen LogP contribution < -0.4 is 10.6 Å². The third-order valence-electron chi connectivity index (χ3n) is 2.64. The largest absolute Gasteiger partial charge is 0.320 e. The van der Waals surface area contributed by atoms with Crippen LogP contribution in [0.15, 0.2) is 0 Å². The topological polar surface area (TPSA) is 64.7 Å². The molecule has 0 spiro atoms. The molecule has 0 bridgehead atoms. The molecule has 2 aliphatic heterocycles. The van der Waals surface area contributed by atoms with E-state index in [4.69, 9.17) is 0 Å². The van der Waals surface area contributed by atoms with Gasteiger partial charge in [0.15, 0.2) is 0 Å². The Balaban J connectivity index is 2.15. The fourth-order valence-corrected chi connectivity index (χ4v) is 1.89. The summed E-state index contributed by atoms with van der Waals surface area (Å²) >= 11 is 0. The van der Waals surface area contributed by atoms with Gasteiger partial charge in [-0.2, -0.15) is 0 Å². The molecule has 2 aliphatic rings. The SMILES string of the molecule is CCCN1C(=O)NC2C1NC(=O)N2C. The lowest BCUT2D eigenvalue weighted by atomic mass is 10.3. The number of rotatable bonds is 2. The molecule has 2 unspecified atom stereocenters. The number of nitrogens with zero attached hydrogens (tertiary/aromatic N) is 2. The van der Waals surface area contributed by atoms with E-state index in [1.165, 1.54) is 4.90 Å². The van der Waals surface area contributed by atoms with E-state index in [1.807, 2.05) is 6.92 Å². The molecule has 2 N–H and O–H groups in total. The Bertz CT molecular complexity index is 281. The van der Waals surface area contributed by atoms with Crippen LogP contribution in [0, 0.1) is 0 Å². The summed E-state index contributed by atoms with van der Waals surface area (Å²) in [6.07, 6.45) is 0.456. The minimum absolute atomic E-state index is 0.103. The minimum Gasteiger partial charge on any atom is -0.314 e. The van der Waals surface area contributed by atoms with Gasteiger partial charge in [0, 0.05) is 13.6 Å². The van der Waals surface area contributed by atoms with E-state index in [0.29, 0.717) is 6.54 Å². The Morgan fingerprint density at radius 1 is 1.21 bits per heavy atom. The molecule has 4 amide bonds. The van der Waals surface area contributed by atoms with E-state index in [-0.39, 0.29) is 24.4 Å². The number of hydrogen-bond donors (Lipinski definition) is 2. The molecule has 0 aromatic heterocycles. The van der Waals surface area contributed by atoms with E-state index in [0.717, 1.165) is 6.42 Å². The summed E-state index contributed by atoms with van der Waals surface area (Å²) in [6.45, 7) is 2.67. The van der Waals surface area contributed by atoms with Gasteiger partial charge in [0.2, 0.25) is 0 Å². The van der Waals surface area contributed by atoms with Gasteiger partial charge in [-0.25, -0.2) is 9.59 Å². The number of hydrogen-bond acceptors (Lipinski definition) is 2. The van der Waals surface area contributed by atoms with Gasteiger partial charge < -0.3 is 20.4 Å². The molecule has 0 aromatic rings. The molecule has 78 valence electrons. The van der Waals surface area contributed by atoms with E-state index in [9.17, 15) is 9.59 Å². The maximum Gasteiger partial charge on any atom is 0.320 e. The van der Waals surface area contributed by atoms with Crippen molar-refractivity contribution in [3.05, 3.63) is 0 Å². The fraction of sp³-hybridized carbons (Fsp3) is 0.750. The molecule has 6 nitrogen and oxygen atoms in total. The quantitative estimate of drug-likeness (QED) is 0.641. The molecule has 0 saturated carbocycles. The molecule has 2 fully saturated rings. The van der Waals surface area contributed by atoms with Gasteiger partial charge in [-0.05, 0) is 6.42 Å². The number of fused-ring (bicyclic) bond motifs is 1. The summed E-state index contributed by atoms with van der Waals surface area (Å²) in [5.41, 5.74) is 0. The van der Waals surface area contributed by atoms with Crippen LogP contribution in [0.2, 0.25) is 0 Å². The van der Waals surface area contributed by atoms with Crippen molar-refractivity contribution < 1.29 is 9.59 Å². The second-order valence-corrected chi connectivity index (χ2v) is 3.59. The van der Waals surface area contributed by atoms with Crippen LogP contribution in [0.5, 0.6) is 0 Å². The lowest BCUT2D eigenvalue weighted by Gasteiger charge is -2.20. The highest BCUT2D eigenvalue weighted by atomic mass is 16.2. The molecular weight excluding hydrogens is 184 g/mol. The van der Waals surface area contributed by atoms with Crippen molar-refractivity contribution in [3.8, 4) is 0 Å². The van der Waals surface area contributed by atoms with Gasteiger partial charge in [0.05, 0.1) is 0 Å². The minimum atomic E-state index is -0.221. The Morgan fingerprint density at radius 2 is 1.86 bits per heavy atom. The van der Waals surface area contributed by atoms with Crippen molar-refractivity contribution in [2.75, 3.05) is 13.6 Å². The van der Waals surface area contributed by atoms with Crippen molar-refractivity contribution >= 4 is 12.1 Å². The van der Waals surface area contributed by atoms with Crippen LogP contribution in [0.25, 0.3) is 0 Å². The molecule has 2 rings (SSSR count). The molecule has 0 radical (unpaired) electrons. The van der Waals surface area contributed by atoms with E-state index in [2.05, 4.69) is 10.6 Å². The zero-order valence-electron chi connectivity index (χ0n) is 8.28. The Morgan fingerprint density at radius 3 is 2.50 bits per heavy atom. The van der Waals surface area contributed by atoms with Crippen molar-refractivity contribution in [1.82, 2.24) is 20.4 Å². The highest BCUT2D eigenvalue weighted by molar-refractivity contribution is 5.84. The van der Waals surface area contributed by atoms with Crippen molar-refractivity contribution in [2.45, 2.75) is 25.7 Å². The Labute approximate surface area is 82.2 Å². The average Bonchev–Trinajstić information content (AvgIpc) is 2.57. The molecular formula is C8H14N4O2. The van der Waals surface area contributed by atoms with Crippen LogP contribution in [0.4, 0.5) is 9.59 Å². The van der Waals surface area contributed by atoms with Gasteiger partial charge in [-0.15, -0.1) is 0 Å². The number of carbonyl (C=O) groups excluding carboxylic acids is 2. The fourth-order valence-electron chi connectivity index (χ4n) is 1.89. The molecule has 2 heterocycles. The first-order valence-electron chi connectivity index (χ1n) is 4.75. The summed E-state index contributed by atoms with van der Waals surface area (Å²) in [7, 11) is 1.68. The second-order valence-electron chi connectivity index (χ2n) is 3.59. The predicted molar refractivity (Wildman–Crippen MR) is 49.4 cm³/mol. The van der Waals surface area contributed by atoms with Crippen LogP contribution in [0.3, 0.4) is 0 Å². The molecule has 2 saturated heterocycles. The number of urea groups is 2. The molecule has 2 atom stereocenters. The first kappa shape index (κ1) is 9.11. The Hall–Kier alpha value is -1.46. The standard InChI is InChI=1S/C8H14N4O2/c1-3-4-12-6-5(9-8(12)14)11(2)7(13)10-6/h5-6H,3-4H2,1-2H3,(H,9,14)(H,10,13). The van der Waals surface area contributed by atoms with Gasteiger partial charge in [-0.3, -0.25) is 0 Å². The maximum absolute atomic E-state index is 11.5. The van der Waals surface area contributed by atoms with Gasteiger partial charge in [0.25, 0.3) is 0 Å². The summed E-state index contributed by atoms with van der Waals surface area (Å²) in [6, 6.07) is -0.241. The molecule has 6 heteroatoms. The van der Waals surface area contributed by atoms with Gasteiger partial charge >= 0.3 is 12.1 Å². The number of likely N-dealkylation sites (N-methyl/N-ethyl adjacent to an activating group) is 1. The molecule has 0 aliphatic carbocycles. The summed E-state index contributed by atoms with van der Waals surface area (Å²) < 4.78 is 0. The normalized spacial score (nSPS) is 30.4. The smallest absolute Gasteiger partial charge is 0.314 e. The monoisotopic (exact) mass is 198 g/mol. The van der Waals surface area contributed by atoms with Gasteiger partial charge in [0.1, 0.15) is 12.3 Å². The first-order chi connectivity index (χ1) is 6.65. The maximum atomic E-state index is 11.5. The van der Waals surface area contributed by atoms with Crippen LogP contribution in [-0.4, -0.2) is 47.8 Å². The van der Waals surface area contributed by atoms with Gasteiger partial charge in [-0.1, -0.05) is 6.92 Å². The lowest BCUT2D eigenvalue weighted by Crippen LogP contribution is -2.43. The van der Waals surface area contributed by atoms with Crippen molar-refractivity contribution in [3.63, 3.8) is 0 Å². The van der Waals surface area contributed by atoms with E-state index >= 15 is 0 Å². The summed E-state index contributed by atoms with van der Waals surface area (Å²) in [4.78, 5) is 25.9. The highest BCUT2D eigenvalue weighted by Gasteiger charge is 2.48.